The van der Waals surface area contributed by atoms with Crippen molar-refractivity contribution >= 4 is 11.8 Å². The van der Waals surface area contributed by atoms with Gasteiger partial charge in [0.05, 0.1) is 5.69 Å². The average molecular weight is 260 g/mol. The van der Waals surface area contributed by atoms with Gasteiger partial charge in [-0.05, 0) is 37.6 Å². The maximum atomic E-state index is 5.57. The van der Waals surface area contributed by atoms with Crippen molar-refractivity contribution in [1.82, 2.24) is 15.0 Å². The summed E-state index contributed by atoms with van der Waals surface area (Å²) in [5.74, 6) is 0.832. The lowest BCUT2D eigenvalue weighted by Crippen LogP contribution is -2.00. The Balaban J connectivity index is 2.06. The van der Waals surface area contributed by atoms with Gasteiger partial charge in [0.15, 0.2) is 5.16 Å². The molecule has 0 aliphatic rings. The number of hydrogen-bond donors (Lipinski definition) is 1. The highest BCUT2D eigenvalue weighted by Gasteiger charge is 2.02. The second kappa shape index (κ2) is 5.93. The van der Waals surface area contributed by atoms with Gasteiger partial charge in [-0.25, -0.2) is 9.97 Å². The van der Waals surface area contributed by atoms with Gasteiger partial charge in [-0.1, -0.05) is 11.8 Å². The number of pyridine rings is 1. The number of rotatable bonds is 4. The summed E-state index contributed by atoms with van der Waals surface area (Å²) in [7, 11) is 0. The van der Waals surface area contributed by atoms with Crippen molar-refractivity contribution < 1.29 is 0 Å². The van der Waals surface area contributed by atoms with Gasteiger partial charge in [0, 0.05) is 29.9 Å². The molecule has 0 unspecified atom stereocenters. The quantitative estimate of drug-likeness (QED) is 0.674. The molecule has 0 atom stereocenters. The third kappa shape index (κ3) is 3.51. The van der Waals surface area contributed by atoms with Gasteiger partial charge in [-0.2, -0.15) is 0 Å². The lowest BCUT2D eigenvalue weighted by molar-refractivity contribution is 0.901. The van der Waals surface area contributed by atoms with E-state index in [9.17, 15) is 0 Å². The van der Waals surface area contributed by atoms with Crippen LogP contribution in [-0.2, 0) is 12.3 Å². The van der Waals surface area contributed by atoms with Crippen molar-refractivity contribution in [2.24, 2.45) is 5.73 Å². The molecule has 0 amide bonds. The largest absolute Gasteiger partial charge is 0.325 e. The zero-order chi connectivity index (χ0) is 13.0. The molecule has 0 bridgehead atoms. The van der Waals surface area contributed by atoms with Gasteiger partial charge in [-0.15, -0.1) is 0 Å². The number of nitrogens with zero attached hydrogens (tertiary/aromatic N) is 3. The molecule has 5 heteroatoms. The molecule has 0 radical (unpaired) electrons. The SMILES string of the molecule is Cc1cc(C)nc(SCc2ccnc(CN)c2)n1. The van der Waals surface area contributed by atoms with Gasteiger partial charge in [0.25, 0.3) is 0 Å². The van der Waals surface area contributed by atoms with Crippen molar-refractivity contribution in [3.63, 3.8) is 0 Å². The van der Waals surface area contributed by atoms with Crippen LogP contribution in [0.2, 0.25) is 0 Å². The minimum absolute atomic E-state index is 0.471. The predicted molar refractivity (Wildman–Crippen MR) is 73.2 cm³/mol. The van der Waals surface area contributed by atoms with Crippen molar-refractivity contribution in [1.29, 1.82) is 0 Å². The Morgan fingerprint density at radius 3 is 2.56 bits per heavy atom. The first-order valence-electron chi connectivity index (χ1n) is 5.76. The molecule has 0 fully saturated rings. The molecule has 0 saturated carbocycles. The molecule has 0 spiro atoms. The van der Waals surface area contributed by atoms with Crippen LogP contribution in [0.4, 0.5) is 0 Å². The molecular weight excluding hydrogens is 244 g/mol. The van der Waals surface area contributed by atoms with E-state index in [1.54, 1.807) is 18.0 Å². The van der Waals surface area contributed by atoms with Gasteiger partial charge in [-0.3, -0.25) is 4.98 Å². The number of aromatic nitrogens is 3. The Morgan fingerprint density at radius 2 is 1.89 bits per heavy atom. The van der Waals surface area contributed by atoms with Crippen LogP contribution in [0.5, 0.6) is 0 Å². The maximum absolute atomic E-state index is 5.57. The fraction of sp³-hybridized carbons (Fsp3) is 0.308. The summed E-state index contributed by atoms with van der Waals surface area (Å²) in [6, 6.07) is 5.99. The summed E-state index contributed by atoms with van der Waals surface area (Å²) in [6.45, 7) is 4.44. The van der Waals surface area contributed by atoms with Crippen LogP contribution in [0.15, 0.2) is 29.6 Å². The summed E-state index contributed by atoms with van der Waals surface area (Å²) in [5.41, 5.74) is 9.68. The van der Waals surface area contributed by atoms with Gasteiger partial charge in [0.2, 0.25) is 0 Å². The number of thioether (sulfide) groups is 1. The molecule has 0 aliphatic heterocycles. The Morgan fingerprint density at radius 1 is 1.17 bits per heavy atom. The Bertz CT molecular complexity index is 522. The van der Waals surface area contributed by atoms with Crippen LogP contribution < -0.4 is 5.73 Å². The van der Waals surface area contributed by atoms with E-state index in [-0.39, 0.29) is 0 Å². The first-order chi connectivity index (χ1) is 8.67. The lowest BCUT2D eigenvalue weighted by Gasteiger charge is -2.04. The Hall–Kier alpha value is -1.46. The smallest absolute Gasteiger partial charge is 0.188 e. The molecule has 0 aliphatic carbocycles. The molecule has 94 valence electrons. The van der Waals surface area contributed by atoms with Crippen LogP contribution in [0, 0.1) is 13.8 Å². The third-order valence-corrected chi connectivity index (χ3v) is 3.34. The van der Waals surface area contributed by atoms with Crippen molar-refractivity contribution in [3.8, 4) is 0 Å². The van der Waals surface area contributed by atoms with E-state index in [1.807, 2.05) is 32.0 Å². The van der Waals surface area contributed by atoms with Gasteiger partial charge < -0.3 is 5.73 Å². The molecule has 18 heavy (non-hydrogen) atoms. The molecule has 2 heterocycles. The maximum Gasteiger partial charge on any atom is 0.188 e. The predicted octanol–water partition coefficient (Wildman–Crippen LogP) is 2.24. The first kappa shape index (κ1) is 13.0. The minimum atomic E-state index is 0.471. The summed E-state index contributed by atoms with van der Waals surface area (Å²) < 4.78 is 0. The number of aryl methyl sites for hydroxylation is 2. The lowest BCUT2D eigenvalue weighted by atomic mass is 10.2. The minimum Gasteiger partial charge on any atom is -0.325 e. The Labute approximate surface area is 111 Å². The zero-order valence-electron chi connectivity index (χ0n) is 10.6. The highest BCUT2D eigenvalue weighted by atomic mass is 32.2. The third-order valence-electron chi connectivity index (χ3n) is 2.42. The molecular formula is C13H16N4S. The number of nitrogens with two attached hydrogens (primary N) is 1. The molecule has 2 rings (SSSR count). The summed E-state index contributed by atoms with van der Waals surface area (Å²) >= 11 is 1.63. The summed E-state index contributed by atoms with van der Waals surface area (Å²) in [6.07, 6.45) is 1.79. The number of hydrogen-bond acceptors (Lipinski definition) is 5. The van der Waals surface area contributed by atoms with Crippen LogP contribution in [0.3, 0.4) is 0 Å². The standard InChI is InChI=1S/C13H16N4S/c1-9-5-10(2)17-13(16-9)18-8-11-3-4-15-12(6-11)7-14/h3-6H,7-8,14H2,1-2H3. The van der Waals surface area contributed by atoms with Gasteiger partial charge in [0.1, 0.15) is 0 Å². The van der Waals surface area contributed by atoms with Crippen molar-refractivity contribution in [3.05, 3.63) is 47.0 Å². The van der Waals surface area contributed by atoms with E-state index in [1.165, 1.54) is 5.56 Å². The van der Waals surface area contributed by atoms with Crippen LogP contribution in [0.25, 0.3) is 0 Å². The molecule has 0 aromatic carbocycles. The van der Waals surface area contributed by atoms with Crippen LogP contribution in [0.1, 0.15) is 22.6 Å². The zero-order valence-corrected chi connectivity index (χ0v) is 11.4. The molecule has 2 aromatic heterocycles. The van der Waals surface area contributed by atoms with E-state index in [0.717, 1.165) is 28.0 Å². The second-order valence-corrected chi connectivity index (χ2v) is 5.02. The highest BCUT2D eigenvalue weighted by Crippen LogP contribution is 2.19. The summed E-state index contributed by atoms with van der Waals surface area (Å²) in [4.78, 5) is 13.0. The van der Waals surface area contributed by atoms with Crippen LogP contribution >= 0.6 is 11.8 Å². The molecule has 4 nitrogen and oxygen atoms in total. The highest BCUT2D eigenvalue weighted by molar-refractivity contribution is 7.98. The normalized spacial score (nSPS) is 10.6. The second-order valence-electron chi connectivity index (χ2n) is 4.08. The first-order valence-corrected chi connectivity index (χ1v) is 6.75. The van der Waals surface area contributed by atoms with Crippen LogP contribution in [-0.4, -0.2) is 15.0 Å². The molecule has 2 N–H and O–H groups in total. The van der Waals surface area contributed by atoms with E-state index in [2.05, 4.69) is 15.0 Å². The van der Waals surface area contributed by atoms with E-state index < -0.39 is 0 Å². The van der Waals surface area contributed by atoms with E-state index in [4.69, 9.17) is 5.73 Å². The molecule has 2 aromatic rings. The topological polar surface area (TPSA) is 64.7 Å². The van der Waals surface area contributed by atoms with Gasteiger partial charge >= 0.3 is 0 Å². The van der Waals surface area contributed by atoms with Crippen molar-refractivity contribution in [2.75, 3.05) is 0 Å². The average Bonchev–Trinajstić information content (AvgIpc) is 2.35. The fourth-order valence-electron chi connectivity index (χ4n) is 1.64. The Kier molecular flexibility index (Phi) is 4.28. The van der Waals surface area contributed by atoms with E-state index in [0.29, 0.717) is 6.54 Å². The monoisotopic (exact) mass is 260 g/mol. The fourth-order valence-corrected chi connectivity index (χ4v) is 2.53. The van der Waals surface area contributed by atoms with E-state index >= 15 is 0 Å². The molecule has 0 saturated heterocycles. The van der Waals surface area contributed by atoms with Crippen molar-refractivity contribution in [2.45, 2.75) is 31.3 Å². The summed E-state index contributed by atoms with van der Waals surface area (Å²) in [5, 5.41) is 0.818.